The Morgan fingerprint density at radius 2 is 0.920 bits per heavy atom. The third-order valence-corrected chi connectivity index (χ3v) is 8.44. The molecule has 148 valence electrons. The van der Waals surface area contributed by atoms with Gasteiger partial charge in [0.2, 0.25) is 0 Å². The number of hydrogen-bond acceptors (Lipinski definition) is 0. The van der Waals surface area contributed by atoms with Gasteiger partial charge in [0, 0.05) is 0 Å². The van der Waals surface area contributed by atoms with Gasteiger partial charge in [0.1, 0.15) is 0 Å². The minimum Gasteiger partial charge on any atom is -0.0683 e. The molecule has 0 spiro atoms. The van der Waals surface area contributed by atoms with E-state index in [-0.39, 0.29) is 7.92 Å². The standard InChI is InChI=1S/C20H35P.2C2H6/c1-12-17-15(4)13(2)14(3)16(5)18(17)21(19(6,7)8)20(9,10)11;2*1-2/h12H2,1-11H3;2*1-2H3. The average Bonchev–Trinajstić information content (AvgIpc) is 2.52. The lowest BCUT2D eigenvalue weighted by atomic mass is 9.93. The Labute approximate surface area is 162 Å². The van der Waals surface area contributed by atoms with Gasteiger partial charge in [0.15, 0.2) is 0 Å². The van der Waals surface area contributed by atoms with Crippen LogP contribution < -0.4 is 5.30 Å². The van der Waals surface area contributed by atoms with E-state index in [2.05, 4.69) is 76.2 Å². The zero-order valence-corrected chi connectivity index (χ0v) is 21.0. The Morgan fingerprint density at radius 3 is 1.20 bits per heavy atom. The highest BCUT2D eigenvalue weighted by molar-refractivity contribution is 7.68. The molecule has 25 heavy (non-hydrogen) atoms. The van der Waals surface area contributed by atoms with Crippen molar-refractivity contribution in [3.63, 3.8) is 0 Å². The lowest BCUT2D eigenvalue weighted by Crippen LogP contribution is -2.34. The minimum atomic E-state index is -0.230. The van der Waals surface area contributed by atoms with E-state index in [1.807, 2.05) is 27.7 Å². The summed E-state index contributed by atoms with van der Waals surface area (Å²) in [5, 5.41) is 2.35. The first kappa shape index (κ1) is 26.9. The molecule has 0 bridgehead atoms. The van der Waals surface area contributed by atoms with Crippen molar-refractivity contribution in [3.05, 3.63) is 27.8 Å². The van der Waals surface area contributed by atoms with E-state index in [0.717, 1.165) is 6.42 Å². The van der Waals surface area contributed by atoms with Gasteiger partial charge < -0.3 is 0 Å². The predicted molar refractivity (Wildman–Crippen MR) is 124 cm³/mol. The summed E-state index contributed by atoms with van der Waals surface area (Å²) in [6.45, 7) is 34.1. The van der Waals surface area contributed by atoms with Crippen LogP contribution in [0.5, 0.6) is 0 Å². The normalized spacial score (nSPS) is 11.5. The summed E-state index contributed by atoms with van der Waals surface area (Å²) >= 11 is 0. The molecule has 0 fully saturated rings. The van der Waals surface area contributed by atoms with Crippen LogP contribution in [0.15, 0.2) is 0 Å². The molecule has 0 atom stereocenters. The predicted octanol–water partition coefficient (Wildman–Crippen LogP) is 8.24. The fourth-order valence-corrected chi connectivity index (χ4v) is 8.24. The lowest BCUT2D eigenvalue weighted by Gasteiger charge is -2.44. The molecule has 1 heteroatoms. The summed E-state index contributed by atoms with van der Waals surface area (Å²) in [4.78, 5) is 0. The third-order valence-electron chi connectivity index (χ3n) is 4.70. The van der Waals surface area contributed by atoms with Crippen LogP contribution in [0.25, 0.3) is 0 Å². The first-order valence-corrected chi connectivity index (χ1v) is 11.6. The van der Waals surface area contributed by atoms with Gasteiger partial charge >= 0.3 is 0 Å². The van der Waals surface area contributed by atoms with Crippen molar-refractivity contribution >= 4 is 13.2 Å². The van der Waals surface area contributed by atoms with Gasteiger partial charge in [-0.1, -0.05) is 84.1 Å². The topological polar surface area (TPSA) is 0 Å². The van der Waals surface area contributed by atoms with Crippen molar-refractivity contribution in [2.45, 2.75) is 121 Å². The maximum Gasteiger partial charge on any atom is -0.0134 e. The highest BCUT2D eigenvalue weighted by Crippen LogP contribution is 2.59. The molecule has 0 aliphatic rings. The summed E-state index contributed by atoms with van der Waals surface area (Å²) in [5.74, 6) is 0. The minimum absolute atomic E-state index is 0.230. The summed E-state index contributed by atoms with van der Waals surface area (Å²) in [6, 6.07) is 0. The number of rotatable bonds is 2. The Hall–Kier alpha value is -0.350. The maximum absolute atomic E-state index is 2.42. The Bertz CT molecular complexity index is 511. The van der Waals surface area contributed by atoms with E-state index in [4.69, 9.17) is 0 Å². The van der Waals surface area contributed by atoms with Crippen molar-refractivity contribution in [2.75, 3.05) is 0 Å². The average molecular weight is 367 g/mol. The molecule has 0 saturated heterocycles. The van der Waals surface area contributed by atoms with Crippen LogP contribution in [0, 0.1) is 27.7 Å². The fraction of sp³-hybridized carbons (Fsp3) is 0.750. The molecule has 0 nitrogen and oxygen atoms in total. The van der Waals surface area contributed by atoms with Gasteiger partial charge in [0.05, 0.1) is 0 Å². The van der Waals surface area contributed by atoms with Crippen molar-refractivity contribution in [2.24, 2.45) is 0 Å². The van der Waals surface area contributed by atoms with Crippen LogP contribution in [-0.4, -0.2) is 10.3 Å². The monoisotopic (exact) mass is 366 g/mol. The molecule has 0 unspecified atom stereocenters. The van der Waals surface area contributed by atoms with Gasteiger partial charge in [-0.15, -0.1) is 0 Å². The van der Waals surface area contributed by atoms with Crippen LogP contribution in [0.2, 0.25) is 0 Å². The van der Waals surface area contributed by atoms with Crippen LogP contribution in [0.1, 0.15) is 104 Å². The van der Waals surface area contributed by atoms with E-state index < -0.39 is 0 Å². The van der Waals surface area contributed by atoms with Gasteiger partial charge in [-0.2, -0.15) is 0 Å². The SMILES string of the molecule is CC.CC.CCc1c(C)c(C)c(C)c(C)c1P(C(C)(C)C)C(C)(C)C. The Morgan fingerprint density at radius 1 is 0.600 bits per heavy atom. The van der Waals surface area contributed by atoms with E-state index in [9.17, 15) is 0 Å². The van der Waals surface area contributed by atoms with Gasteiger partial charge in [-0.3, -0.25) is 0 Å². The molecule has 0 aliphatic carbocycles. The zero-order valence-electron chi connectivity index (χ0n) is 20.2. The fourth-order valence-electron chi connectivity index (χ4n) is 3.78. The lowest BCUT2D eigenvalue weighted by molar-refractivity contribution is 0.714. The number of benzene rings is 1. The molecule has 1 aromatic carbocycles. The van der Waals surface area contributed by atoms with Crippen molar-refractivity contribution in [3.8, 4) is 0 Å². The number of hydrogen-bond donors (Lipinski definition) is 0. The third kappa shape index (κ3) is 6.39. The summed E-state index contributed by atoms with van der Waals surface area (Å²) in [6.07, 6.45) is 1.15. The molecule has 0 amide bonds. The summed E-state index contributed by atoms with van der Waals surface area (Å²) in [5.41, 5.74) is 7.68. The van der Waals surface area contributed by atoms with Crippen LogP contribution in [-0.2, 0) is 6.42 Å². The van der Waals surface area contributed by atoms with Gasteiger partial charge in [-0.05, 0) is 77.5 Å². The van der Waals surface area contributed by atoms with E-state index in [1.54, 1.807) is 16.4 Å². The first-order valence-electron chi connectivity index (χ1n) is 10.2. The van der Waals surface area contributed by atoms with Crippen LogP contribution >= 0.6 is 7.92 Å². The molecule has 0 heterocycles. The first-order chi connectivity index (χ1) is 11.3. The smallest absolute Gasteiger partial charge is 0.0134 e. The van der Waals surface area contributed by atoms with E-state index in [0.29, 0.717) is 10.3 Å². The quantitative estimate of drug-likeness (QED) is 0.462. The highest BCUT2D eigenvalue weighted by atomic mass is 31.1. The zero-order chi connectivity index (χ0) is 20.7. The molecule has 1 aromatic rings. The van der Waals surface area contributed by atoms with Crippen LogP contribution in [0.4, 0.5) is 0 Å². The van der Waals surface area contributed by atoms with E-state index >= 15 is 0 Å². The summed E-state index contributed by atoms with van der Waals surface area (Å²) < 4.78 is 0. The van der Waals surface area contributed by atoms with Gasteiger partial charge in [0.25, 0.3) is 0 Å². The summed E-state index contributed by atoms with van der Waals surface area (Å²) in [7, 11) is -0.230. The molecule has 0 aliphatic heterocycles. The molecule has 0 saturated carbocycles. The molecular formula is C24H47P. The van der Waals surface area contributed by atoms with Crippen molar-refractivity contribution in [1.82, 2.24) is 0 Å². The van der Waals surface area contributed by atoms with Gasteiger partial charge in [-0.25, -0.2) is 0 Å². The van der Waals surface area contributed by atoms with Crippen molar-refractivity contribution < 1.29 is 0 Å². The second-order valence-corrected chi connectivity index (χ2v) is 12.2. The molecule has 0 N–H and O–H groups in total. The van der Waals surface area contributed by atoms with E-state index in [1.165, 1.54) is 16.7 Å². The highest BCUT2D eigenvalue weighted by Gasteiger charge is 2.38. The Kier molecular flexibility index (Phi) is 11.5. The molecule has 0 radical (unpaired) electrons. The second kappa shape index (κ2) is 10.7. The maximum atomic E-state index is 2.42. The second-order valence-electron chi connectivity index (χ2n) is 8.36. The molecular weight excluding hydrogens is 319 g/mol. The molecule has 1 rings (SSSR count). The van der Waals surface area contributed by atoms with Crippen LogP contribution in [0.3, 0.4) is 0 Å². The van der Waals surface area contributed by atoms with Crippen molar-refractivity contribution in [1.29, 1.82) is 0 Å². The largest absolute Gasteiger partial charge is 0.0683 e. The molecule has 0 aromatic heterocycles. The Balaban J connectivity index is 0.